The van der Waals surface area contributed by atoms with Crippen LogP contribution in [0, 0.1) is 0 Å². The molecular weight excluding hydrogens is 203 g/mol. The first-order chi connectivity index (χ1) is 2.00. The van der Waals surface area contributed by atoms with E-state index in [0.717, 1.165) is 0 Å². The van der Waals surface area contributed by atoms with Crippen molar-refractivity contribution in [1.29, 1.82) is 0 Å². The maximum Gasteiger partial charge on any atom is 4.00 e. The van der Waals surface area contributed by atoms with Gasteiger partial charge >= 0.3 is 17.6 Å². The fourth-order valence-electron chi connectivity index (χ4n) is 0. The van der Waals surface area contributed by atoms with E-state index in [2.05, 4.69) is 0 Å². The molecule has 0 N–H and O–H groups in total. The predicted molar refractivity (Wildman–Crippen MR) is 13.4 cm³/mol. The summed E-state index contributed by atoms with van der Waals surface area (Å²) in [6.45, 7) is 0. The van der Waals surface area contributed by atoms with Crippen LogP contribution >= 0.6 is 7.82 Å². The van der Waals surface area contributed by atoms with Crippen molar-refractivity contribution < 1.29 is 31.7 Å². The van der Waals surface area contributed by atoms with Gasteiger partial charge in [0.2, 0.25) is 0 Å². The first-order valence-electron chi connectivity index (χ1n) is 0.730. The quantitative estimate of drug-likeness (QED) is 0.289. The van der Waals surface area contributed by atoms with Gasteiger partial charge in [0.05, 0.1) is 0 Å². The summed E-state index contributed by atoms with van der Waals surface area (Å²) in [6.07, 6.45) is 0. The van der Waals surface area contributed by atoms with Gasteiger partial charge in [-0.25, -0.2) is 0 Å². The molecule has 0 aliphatic rings. The molecule has 0 aliphatic heterocycles. The van der Waals surface area contributed by atoms with E-state index in [-0.39, 0.29) is 30.0 Å². The zero-order valence-corrected chi connectivity index (χ0v) is 6.71. The summed E-state index contributed by atoms with van der Waals surface area (Å²) < 4.78 is 8.55. The molecule has 0 aromatic heterocycles. The van der Waals surface area contributed by atoms with Crippen molar-refractivity contribution >= 4 is 25.4 Å². The Labute approximate surface area is 57.6 Å². The summed E-state index contributed by atoms with van der Waals surface area (Å²) in [4.78, 5) is 25.6. The molecule has 0 aromatic rings. The second-order valence-corrected chi connectivity index (χ2v) is 1.34. The Kier molecular flexibility index (Phi) is 11.4. The molecule has 0 radical (unpaired) electrons. The number of hydrogen-bond donors (Lipinski definition) is 0. The van der Waals surface area contributed by atoms with Crippen LogP contribution in [-0.4, -0.2) is 17.6 Å². The zero-order chi connectivity index (χ0) is 4.50. The SMILES string of the molecule is O=P([O-])([O-])[O-].[Cl-].[Ge+4]. The number of rotatable bonds is 0. The molecule has 0 saturated heterocycles. The molecule has 7 heteroatoms. The minimum Gasteiger partial charge on any atom is -1.00 e. The zero-order valence-electron chi connectivity index (χ0n) is 2.96. The largest absolute Gasteiger partial charge is 4.00 e. The summed E-state index contributed by atoms with van der Waals surface area (Å²) in [5.74, 6) is 0. The predicted octanol–water partition coefficient (Wildman–Crippen LogP) is -6.20. The van der Waals surface area contributed by atoms with Crippen molar-refractivity contribution in [3.63, 3.8) is 0 Å². The molecule has 0 fully saturated rings. The van der Waals surface area contributed by atoms with E-state index in [1.54, 1.807) is 0 Å². The molecule has 0 unspecified atom stereocenters. The smallest absolute Gasteiger partial charge is 1.00 e. The minimum absolute atomic E-state index is 0. The molecule has 0 spiro atoms. The van der Waals surface area contributed by atoms with E-state index in [9.17, 15) is 0 Å². The van der Waals surface area contributed by atoms with Crippen LogP contribution in [0.4, 0.5) is 0 Å². The average Bonchev–Trinajstić information content (AvgIpc) is 0.722. The fraction of sp³-hybridized carbons (Fsp3) is 0. The van der Waals surface area contributed by atoms with Crippen LogP contribution in [0.2, 0.25) is 0 Å². The van der Waals surface area contributed by atoms with Gasteiger partial charge in [0.15, 0.2) is 0 Å². The minimum atomic E-state index is -5.39. The van der Waals surface area contributed by atoms with E-state index in [0.29, 0.717) is 0 Å². The Morgan fingerprint density at radius 1 is 1.14 bits per heavy atom. The van der Waals surface area contributed by atoms with Gasteiger partial charge in [0.1, 0.15) is 0 Å². The monoisotopic (exact) mass is 204 g/mol. The third kappa shape index (κ3) is 191. The molecule has 0 amide bonds. The first kappa shape index (κ1) is 15.7. The van der Waals surface area contributed by atoms with Gasteiger partial charge in [-0.1, -0.05) is 0 Å². The van der Waals surface area contributed by atoms with Crippen LogP contribution in [0.5, 0.6) is 0 Å². The number of halogens is 1. The molecule has 0 aromatic carbocycles. The molecule has 0 saturated carbocycles. The molecule has 0 heterocycles. The molecule has 7 heavy (non-hydrogen) atoms. The van der Waals surface area contributed by atoms with Crippen molar-refractivity contribution in [3.05, 3.63) is 0 Å². The van der Waals surface area contributed by atoms with Gasteiger partial charge in [-0.2, -0.15) is 7.82 Å². The first-order valence-corrected chi connectivity index (χ1v) is 2.19. The van der Waals surface area contributed by atoms with E-state index >= 15 is 0 Å². The summed E-state index contributed by atoms with van der Waals surface area (Å²) in [7, 11) is -5.39. The van der Waals surface area contributed by atoms with Gasteiger partial charge in [0.25, 0.3) is 0 Å². The Morgan fingerprint density at radius 3 is 1.14 bits per heavy atom. The van der Waals surface area contributed by atoms with Crippen LogP contribution in [0.15, 0.2) is 0 Å². The maximum absolute atomic E-state index is 8.55. The molecule has 0 atom stereocenters. The average molecular weight is 203 g/mol. The van der Waals surface area contributed by atoms with Gasteiger partial charge in [-0.15, -0.1) is 0 Å². The summed E-state index contributed by atoms with van der Waals surface area (Å²) in [5.41, 5.74) is 0. The van der Waals surface area contributed by atoms with Gasteiger partial charge in [-0.3, -0.25) is 0 Å². The molecule has 40 valence electrons. The number of hydrogen-bond acceptors (Lipinski definition) is 4. The topological polar surface area (TPSA) is 86.2 Å². The van der Waals surface area contributed by atoms with E-state index in [1.165, 1.54) is 0 Å². The number of phosphoric acid groups is 1. The second-order valence-electron chi connectivity index (χ2n) is 0.447. The third-order valence-electron chi connectivity index (χ3n) is 0. The van der Waals surface area contributed by atoms with Crippen molar-refractivity contribution in [3.8, 4) is 0 Å². The van der Waals surface area contributed by atoms with Crippen LogP contribution in [0.25, 0.3) is 0 Å². The van der Waals surface area contributed by atoms with Crippen molar-refractivity contribution in [1.82, 2.24) is 0 Å². The fourth-order valence-corrected chi connectivity index (χ4v) is 0. The Morgan fingerprint density at radius 2 is 1.14 bits per heavy atom. The third-order valence-corrected chi connectivity index (χ3v) is 0. The van der Waals surface area contributed by atoms with Crippen LogP contribution in [-0.2, 0) is 4.57 Å². The van der Waals surface area contributed by atoms with E-state index in [1.807, 2.05) is 0 Å². The summed E-state index contributed by atoms with van der Waals surface area (Å²) in [5, 5.41) is 0. The van der Waals surface area contributed by atoms with Gasteiger partial charge in [-0.05, 0) is 0 Å². The van der Waals surface area contributed by atoms with Crippen LogP contribution in [0.3, 0.4) is 0 Å². The van der Waals surface area contributed by atoms with Crippen LogP contribution < -0.4 is 27.1 Å². The standard InChI is InChI=1S/ClH.Ge.H3O4P/c;;1-5(2,3)4/h1H;;(H3,1,2,3,4)/q;+4;/p-4. The molecule has 0 aliphatic carbocycles. The Balaban J connectivity index is -0.0000000800. The van der Waals surface area contributed by atoms with E-state index < -0.39 is 7.82 Å². The molecule has 0 rings (SSSR count). The normalized spacial score (nSPS) is 8.43. The summed E-state index contributed by atoms with van der Waals surface area (Å²) >= 11 is 0. The molecule has 4 nitrogen and oxygen atoms in total. The summed E-state index contributed by atoms with van der Waals surface area (Å²) in [6, 6.07) is 0. The molecular formula is ClGeO4P. The van der Waals surface area contributed by atoms with E-state index in [4.69, 9.17) is 19.2 Å². The van der Waals surface area contributed by atoms with Crippen LogP contribution in [0.1, 0.15) is 0 Å². The van der Waals surface area contributed by atoms with Crippen molar-refractivity contribution in [2.75, 3.05) is 0 Å². The van der Waals surface area contributed by atoms with Crippen molar-refractivity contribution in [2.24, 2.45) is 0 Å². The molecule has 0 bridgehead atoms. The van der Waals surface area contributed by atoms with Gasteiger partial charge < -0.3 is 31.7 Å². The Bertz CT molecular complexity index is 57.8. The second kappa shape index (κ2) is 5.09. The Hall–Kier alpha value is 0.943. The van der Waals surface area contributed by atoms with Crippen molar-refractivity contribution in [2.45, 2.75) is 0 Å². The van der Waals surface area contributed by atoms with Gasteiger partial charge in [0, 0.05) is 0 Å². The maximum atomic E-state index is 8.55.